The Labute approximate surface area is 129 Å². The molecule has 3 heterocycles. The van der Waals surface area contributed by atoms with Gasteiger partial charge in [0.25, 0.3) is 0 Å². The maximum atomic E-state index is 9.90. The third-order valence-corrected chi connectivity index (χ3v) is 4.51. The fourth-order valence-electron chi connectivity index (χ4n) is 3.25. The van der Waals surface area contributed by atoms with Crippen LogP contribution in [-0.4, -0.2) is 47.0 Å². The van der Waals surface area contributed by atoms with Crippen LogP contribution < -0.4 is 10.1 Å². The number of aliphatic hydroxyl groups excluding tert-OH is 1. The Balaban J connectivity index is 1.64. The van der Waals surface area contributed by atoms with E-state index >= 15 is 0 Å². The Morgan fingerprint density at radius 3 is 2.95 bits per heavy atom. The summed E-state index contributed by atoms with van der Waals surface area (Å²) in [4.78, 5) is 9.42. The molecule has 22 heavy (non-hydrogen) atoms. The van der Waals surface area contributed by atoms with Crippen LogP contribution in [-0.2, 0) is 17.6 Å². The zero-order valence-corrected chi connectivity index (χ0v) is 12.5. The van der Waals surface area contributed by atoms with Crippen molar-refractivity contribution in [2.45, 2.75) is 43.9 Å². The molecule has 1 unspecified atom stereocenters. The number of nitrogens with one attached hydrogen (secondary N) is 1. The number of hydrogen-bond donors (Lipinski definition) is 2. The number of ether oxygens (including phenoxy) is 2. The van der Waals surface area contributed by atoms with E-state index in [-0.39, 0.29) is 12.1 Å². The predicted octanol–water partition coefficient (Wildman–Crippen LogP) is 0.694. The van der Waals surface area contributed by atoms with Crippen molar-refractivity contribution in [2.75, 3.05) is 19.8 Å². The molecule has 6 nitrogen and oxygen atoms in total. The van der Waals surface area contributed by atoms with E-state index in [0.717, 1.165) is 49.3 Å². The molecule has 1 aliphatic carbocycles. The molecule has 6 heteroatoms. The van der Waals surface area contributed by atoms with E-state index in [1.54, 1.807) is 0 Å². The number of aromatic nitrogens is 2. The van der Waals surface area contributed by atoms with Crippen LogP contribution in [0.5, 0.6) is 5.88 Å². The summed E-state index contributed by atoms with van der Waals surface area (Å²) in [6.45, 7) is 1.59. The highest BCUT2D eigenvalue weighted by molar-refractivity contribution is 5.35. The number of fused-ring (bicyclic) bond motifs is 1. The molecule has 0 spiro atoms. The smallest absolute Gasteiger partial charge is 0.220 e. The molecule has 0 saturated carbocycles. The molecule has 0 aromatic carbocycles. The van der Waals surface area contributed by atoms with Gasteiger partial charge in [0.1, 0.15) is 11.9 Å². The molecule has 0 amide bonds. The molecule has 1 aromatic heterocycles. The van der Waals surface area contributed by atoms with Crippen LogP contribution in [0, 0.1) is 0 Å². The highest BCUT2D eigenvalue weighted by Gasteiger charge is 2.31. The van der Waals surface area contributed by atoms with Gasteiger partial charge in [-0.05, 0) is 25.7 Å². The van der Waals surface area contributed by atoms with E-state index in [4.69, 9.17) is 14.5 Å². The van der Waals surface area contributed by atoms with Crippen LogP contribution in [0.2, 0.25) is 0 Å². The summed E-state index contributed by atoms with van der Waals surface area (Å²) in [5.41, 5.74) is 2.21. The Kier molecular flexibility index (Phi) is 3.82. The Morgan fingerprint density at radius 2 is 2.18 bits per heavy atom. The lowest BCUT2D eigenvalue weighted by atomic mass is 10.1. The van der Waals surface area contributed by atoms with E-state index in [2.05, 4.69) is 22.5 Å². The van der Waals surface area contributed by atoms with E-state index in [0.29, 0.717) is 19.1 Å². The first-order valence-electron chi connectivity index (χ1n) is 8.02. The van der Waals surface area contributed by atoms with Crippen molar-refractivity contribution in [3.8, 4) is 5.88 Å². The van der Waals surface area contributed by atoms with Gasteiger partial charge in [0.2, 0.25) is 5.88 Å². The van der Waals surface area contributed by atoms with Gasteiger partial charge >= 0.3 is 0 Å². The normalized spacial score (nSPS) is 30.5. The van der Waals surface area contributed by atoms with Crippen molar-refractivity contribution in [2.24, 2.45) is 0 Å². The minimum atomic E-state index is -0.578. The Bertz CT molecular complexity index is 590. The second kappa shape index (κ2) is 5.95. The fraction of sp³-hybridized carbons (Fsp3) is 0.625. The SMILES string of the molecule is O[C@@H]1COC[C@H]1Oc1nc(C2CC=CCN2)nc2c1CCC2. The lowest BCUT2D eigenvalue weighted by Gasteiger charge is -2.22. The Hall–Kier alpha value is -1.50. The van der Waals surface area contributed by atoms with Gasteiger partial charge < -0.3 is 19.9 Å². The van der Waals surface area contributed by atoms with Crippen molar-refractivity contribution in [1.82, 2.24) is 15.3 Å². The number of rotatable bonds is 3. The fourth-order valence-corrected chi connectivity index (χ4v) is 3.25. The van der Waals surface area contributed by atoms with Crippen LogP contribution in [0.1, 0.15) is 36.0 Å². The monoisotopic (exact) mass is 303 g/mol. The summed E-state index contributed by atoms with van der Waals surface area (Å²) in [6.07, 6.45) is 7.29. The first kappa shape index (κ1) is 14.1. The quantitative estimate of drug-likeness (QED) is 0.800. The second-order valence-corrected chi connectivity index (χ2v) is 6.09. The number of nitrogens with zero attached hydrogens (tertiary/aromatic N) is 2. The topological polar surface area (TPSA) is 76.5 Å². The molecule has 3 aliphatic rings. The van der Waals surface area contributed by atoms with Crippen LogP contribution in [0.3, 0.4) is 0 Å². The van der Waals surface area contributed by atoms with Gasteiger partial charge in [-0.1, -0.05) is 12.2 Å². The minimum absolute atomic E-state index is 0.142. The van der Waals surface area contributed by atoms with Crippen LogP contribution in [0.25, 0.3) is 0 Å². The molecular weight excluding hydrogens is 282 g/mol. The highest BCUT2D eigenvalue weighted by Crippen LogP contribution is 2.31. The standard InChI is InChI=1S/C16H21N3O3/c20-13-8-21-9-14(13)22-16-10-4-3-6-11(10)18-15(19-16)12-5-1-2-7-17-12/h1-2,12-14,17,20H,3-9H2/t12?,13-,14-/m1/s1. The van der Waals surface area contributed by atoms with E-state index < -0.39 is 6.10 Å². The van der Waals surface area contributed by atoms with Crippen molar-refractivity contribution in [1.29, 1.82) is 0 Å². The van der Waals surface area contributed by atoms with Crippen molar-refractivity contribution >= 4 is 0 Å². The molecule has 3 atom stereocenters. The van der Waals surface area contributed by atoms with Gasteiger partial charge in [0.15, 0.2) is 6.10 Å². The zero-order chi connectivity index (χ0) is 14.9. The third kappa shape index (κ3) is 2.62. The lowest BCUT2D eigenvalue weighted by Crippen LogP contribution is -2.31. The Morgan fingerprint density at radius 1 is 1.23 bits per heavy atom. The summed E-state index contributed by atoms with van der Waals surface area (Å²) in [5, 5.41) is 13.3. The molecule has 1 saturated heterocycles. The molecule has 2 aliphatic heterocycles. The number of aryl methyl sites for hydroxylation is 1. The molecule has 0 radical (unpaired) electrons. The van der Waals surface area contributed by atoms with Crippen LogP contribution in [0.15, 0.2) is 12.2 Å². The van der Waals surface area contributed by atoms with Crippen molar-refractivity contribution in [3.05, 3.63) is 29.2 Å². The first-order valence-corrected chi connectivity index (χ1v) is 8.02. The molecule has 0 bridgehead atoms. The molecule has 4 rings (SSSR count). The second-order valence-electron chi connectivity index (χ2n) is 6.09. The maximum Gasteiger partial charge on any atom is 0.220 e. The van der Waals surface area contributed by atoms with E-state index in [1.807, 2.05) is 0 Å². The third-order valence-electron chi connectivity index (χ3n) is 4.51. The van der Waals surface area contributed by atoms with Crippen molar-refractivity contribution in [3.63, 3.8) is 0 Å². The average Bonchev–Trinajstić information content (AvgIpc) is 3.17. The first-order chi connectivity index (χ1) is 10.8. The average molecular weight is 303 g/mol. The largest absolute Gasteiger partial charge is 0.469 e. The van der Waals surface area contributed by atoms with Crippen LogP contribution in [0.4, 0.5) is 0 Å². The van der Waals surface area contributed by atoms with Gasteiger partial charge in [0, 0.05) is 12.1 Å². The van der Waals surface area contributed by atoms with Crippen LogP contribution >= 0.6 is 0 Å². The summed E-state index contributed by atoms with van der Waals surface area (Å²) in [5.74, 6) is 1.44. The van der Waals surface area contributed by atoms with Gasteiger partial charge in [-0.15, -0.1) is 0 Å². The molecule has 2 N–H and O–H groups in total. The van der Waals surface area contributed by atoms with Crippen molar-refractivity contribution < 1.29 is 14.6 Å². The highest BCUT2D eigenvalue weighted by atomic mass is 16.6. The van der Waals surface area contributed by atoms with Gasteiger partial charge in [-0.2, -0.15) is 4.98 Å². The summed E-state index contributed by atoms with van der Waals surface area (Å²) in [6, 6.07) is 0.142. The lowest BCUT2D eigenvalue weighted by molar-refractivity contribution is 0.0693. The zero-order valence-electron chi connectivity index (χ0n) is 12.5. The maximum absolute atomic E-state index is 9.90. The predicted molar refractivity (Wildman–Crippen MR) is 79.8 cm³/mol. The van der Waals surface area contributed by atoms with E-state index in [9.17, 15) is 5.11 Å². The van der Waals surface area contributed by atoms with Gasteiger partial charge in [0.05, 0.1) is 24.9 Å². The van der Waals surface area contributed by atoms with E-state index in [1.165, 1.54) is 0 Å². The van der Waals surface area contributed by atoms with Gasteiger partial charge in [-0.25, -0.2) is 4.98 Å². The minimum Gasteiger partial charge on any atom is -0.469 e. The number of aliphatic hydroxyl groups is 1. The summed E-state index contributed by atoms with van der Waals surface area (Å²) >= 11 is 0. The summed E-state index contributed by atoms with van der Waals surface area (Å²) in [7, 11) is 0. The summed E-state index contributed by atoms with van der Waals surface area (Å²) < 4.78 is 11.3. The molecule has 1 aromatic rings. The molecule has 118 valence electrons. The van der Waals surface area contributed by atoms with Gasteiger partial charge in [-0.3, -0.25) is 0 Å². The number of hydrogen-bond acceptors (Lipinski definition) is 6. The molecule has 1 fully saturated rings. The molecular formula is C16H21N3O3.